The van der Waals surface area contributed by atoms with Gasteiger partial charge in [0.2, 0.25) is 6.41 Å². The number of hydrogen-bond donors (Lipinski definition) is 1. The first-order valence-electron chi connectivity index (χ1n) is 6.74. The number of esters is 1. The molecule has 0 aromatic rings. The Hall–Kier alpha value is -1.18. The predicted molar refractivity (Wildman–Crippen MR) is 69.7 cm³/mol. The lowest BCUT2D eigenvalue weighted by molar-refractivity contribution is -0.243. The number of ether oxygens (including phenoxy) is 3. The summed E-state index contributed by atoms with van der Waals surface area (Å²) >= 11 is 0. The Labute approximate surface area is 118 Å². The first-order valence-corrected chi connectivity index (χ1v) is 6.74. The fraction of sp³-hybridized carbons (Fsp3) is 0.846. The van der Waals surface area contributed by atoms with Gasteiger partial charge < -0.3 is 19.3 Å². The van der Waals surface area contributed by atoms with E-state index in [1.165, 1.54) is 4.90 Å². The van der Waals surface area contributed by atoms with Crippen molar-refractivity contribution in [3.05, 3.63) is 0 Å². The van der Waals surface area contributed by atoms with E-state index in [-0.39, 0.29) is 6.61 Å². The van der Waals surface area contributed by atoms with E-state index in [2.05, 4.69) is 9.47 Å². The van der Waals surface area contributed by atoms with Gasteiger partial charge in [0.15, 0.2) is 0 Å². The van der Waals surface area contributed by atoms with Crippen molar-refractivity contribution < 1.29 is 28.9 Å². The van der Waals surface area contributed by atoms with Gasteiger partial charge >= 0.3 is 12.1 Å². The van der Waals surface area contributed by atoms with Crippen LogP contribution >= 0.6 is 0 Å². The van der Waals surface area contributed by atoms with Crippen molar-refractivity contribution in [2.24, 2.45) is 0 Å². The molecule has 20 heavy (non-hydrogen) atoms. The third kappa shape index (κ3) is 5.07. The van der Waals surface area contributed by atoms with Gasteiger partial charge in [0, 0.05) is 6.54 Å². The molecule has 1 saturated heterocycles. The molecule has 0 spiro atoms. The van der Waals surface area contributed by atoms with E-state index in [0.29, 0.717) is 19.4 Å². The van der Waals surface area contributed by atoms with Gasteiger partial charge in [0.05, 0.1) is 12.2 Å². The van der Waals surface area contributed by atoms with Crippen LogP contribution in [0.5, 0.6) is 0 Å². The van der Waals surface area contributed by atoms with Crippen molar-refractivity contribution in [3.8, 4) is 0 Å². The molecule has 1 rings (SSSR count). The quantitative estimate of drug-likeness (QED) is 0.473. The van der Waals surface area contributed by atoms with Crippen molar-refractivity contribution in [2.75, 3.05) is 13.2 Å². The van der Waals surface area contributed by atoms with Crippen LogP contribution in [0, 0.1) is 0 Å². The van der Waals surface area contributed by atoms with Crippen LogP contribution in [0.3, 0.4) is 0 Å². The van der Waals surface area contributed by atoms with Crippen molar-refractivity contribution in [1.29, 1.82) is 0 Å². The number of carbonyl (C=O) groups excluding carboxylic acids is 2. The van der Waals surface area contributed by atoms with Crippen LogP contribution in [0.2, 0.25) is 0 Å². The Kier molecular flexibility index (Phi) is 5.91. The minimum absolute atomic E-state index is 0.135. The predicted octanol–water partition coefficient (Wildman–Crippen LogP) is 1.24. The molecular formula is C13H23NO6. The van der Waals surface area contributed by atoms with E-state index in [9.17, 15) is 14.7 Å². The maximum atomic E-state index is 11.9. The summed E-state index contributed by atoms with van der Waals surface area (Å²) in [5, 5.41) is 10.0. The summed E-state index contributed by atoms with van der Waals surface area (Å²) < 4.78 is 14.5. The fourth-order valence-electron chi connectivity index (χ4n) is 1.99. The highest BCUT2D eigenvalue weighted by Crippen LogP contribution is 2.23. The highest BCUT2D eigenvalue weighted by Gasteiger charge is 2.38. The summed E-state index contributed by atoms with van der Waals surface area (Å²) in [6, 6.07) is -0.697. The highest BCUT2D eigenvalue weighted by atomic mass is 16.7. The molecule has 1 fully saturated rings. The van der Waals surface area contributed by atoms with E-state index >= 15 is 0 Å². The van der Waals surface area contributed by atoms with Crippen molar-refractivity contribution in [1.82, 2.24) is 4.90 Å². The van der Waals surface area contributed by atoms with Crippen LogP contribution in [0.4, 0.5) is 4.79 Å². The maximum absolute atomic E-state index is 11.9. The Balaban J connectivity index is 2.60. The maximum Gasteiger partial charge on any atom is 0.516 e. The number of likely N-dealkylation sites (tertiary alicyclic amines) is 1. The summed E-state index contributed by atoms with van der Waals surface area (Å²) in [6.07, 6.45) is -1.01. The van der Waals surface area contributed by atoms with E-state index < -0.39 is 30.2 Å². The zero-order valence-corrected chi connectivity index (χ0v) is 12.4. The molecule has 1 aliphatic rings. The highest BCUT2D eigenvalue weighted by molar-refractivity contribution is 5.85. The molecule has 0 amide bonds. The monoisotopic (exact) mass is 289 g/mol. The number of carbonyl (C=O) groups is 2. The summed E-state index contributed by atoms with van der Waals surface area (Å²) in [5.74, 6) is -0.725. The second-order valence-corrected chi connectivity index (χ2v) is 5.56. The Morgan fingerprint density at radius 2 is 2.05 bits per heavy atom. The number of nitrogens with zero attached hydrogens (tertiary/aromatic N) is 1. The molecule has 116 valence electrons. The van der Waals surface area contributed by atoms with Crippen LogP contribution in [-0.4, -0.2) is 53.3 Å². The van der Waals surface area contributed by atoms with Crippen molar-refractivity contribution in [3.63, 3.8) is 0 Å². The van der Waals surface area contributed by atoms with Gasteiger partial charge in [-0.1, -0.05) is 0 Å². The lowest BCUT2D eigenvalue weighted by Gasteiger charge is -2.32. The number of aliphatic hydroxyl groups excluding tert-OH is 1. The van der Waals surface area contributed by atoms with Gasteiger partial charge in [-0.2, -0.15) is 0 Å². The van der Waals surface area contributed by atoms with E-state index in [1.54, 1.807) is 27.7 Å². The molecule has 7 heteroatoms. The number of rotatable bonds is 4. The van der Waals surface area contributed by atoms with Gasteiger partial charge in [-0.15, -0.1) is 0 Å². The lowest BCUT2D eigenvalue weighted by Crippen LogP contribution is -2.48. The van der Waals surface area contributed by atoms with E-state index in [4.69, 9.17) is 4.74 Å². The molecule has 0 radical (unpaired) electrons. The SMILES string of the molecule is CCOC(=O)OC(=O)C1CCCN1C(O)OC(C)(C)C. The summed E-state index contributed by atoms with van der Waals surface area (Å²) in [4.78, 5) is 24.5. The molecule has 1 heterocycles. The van der Waals surface area contributed by atoms with Gasteiger partial charge in [-0.05, 0) is 40.5 Å². The second kappa shape index (κ2) is 7.01. The van der Waals surface area contributed by atoms with Gasteiger partial charge in [0.25, 0.3) is 0 Å². The molecule has 1 N–H and O–H groups in total. The average Bonchev–Trinajstić information content (AvgIpc) is 2.75. The first-order chi connectivity index (χ1) is 9.24. The zero-order chi connectivity index (χ0) is 15.3. The Morgan fingerprint density at radius 3 is 2.60 bits per heavy atom. The molecular weight excluding hydrogens is 266 g/mol. The van der Waals surface area contributed by atoms with E-state index in [1.807, 2.05) is 0 Å². The third-order valence-corrected chi connectivity index (χ3v) is 2.76. The van der Waals surface area contributed by atoms with Gasteiger partial charge in [-0.3, -0.25) is 0 Å². The number of aliphatic hydroxyl groups is 1. The minimum atomic E-state index is -1.21. The summed E-state index contributed by atoms with van der Waals surface area (Å²) in [6.45, 7) is 7.67. The minimum Gasteiger partial charge on any atom is -0.434 e. The summed E-state index contributed by atoms with van der Waals surface area (Å²) in [7, 11) is 0. The average molecular weight is 289 g/mol. The Morgan fingerprint density at radius 1 is 1.40 bits per heavy atom. The van der Waals surface area contributed by atoms with Crippen LogP contribution in [0.25, 0.3) is 0 Å². The molecule has 0 aliphatic carbocycles. The van der Waals surface area contributed by atoms with Gasteiger partial charge in [-0.25, -0.2) is 14.5 Å². The molecule has 0 aromatic heterocycles. The van der Waals surface area contributed by atoms with Crippen molar-refractivity contribution in [2.45, 2.75) is 58.6 Å². The topological polar surface area (TPSA) is 85.3 Å². The van der Waals surface area contributed by atoms with Crippen LogP contribution in [0.1, 0.15) is 40.5 Å². The fourth-order valence-corrected chi connectivity index (χ4v) is 1.99. The zero-order valence-electron chi connectivity index (χ0n) is 12.4. The molecule has 2 atom stereocenters. The van der Waals surface area contributed by atoms with Gasteiger partial charge in [0.1, 0.15) is 6.04 Å². The number of hydrogen-bond acceptors (Lipinski definition) is 7. The first kappa shape index (κ1) is 16.9. The largest absolute Gasteiger partial charge is 0.516 e. The molecule has 0 saturated carbocycles. The lowest BCUT2D eigenvalue weighted by atomic mass is 10.2. The standard InChI is InChI=1S/C13H23NO6/c1-5-18-12(17)19-10(15)9-7-6-8-14(9)11(16)20-13(2,3)4/h9,11,16H,5-8H2,1-4H3. The smallest absolute Gasteiger partial charge is 0.434 e. The Bertz CT molecular complexity index is 351. The molecule has 7 nitrogen and oxygen atoms in total. The summed E-state index contributed by atoms with van der Waals surface area (Å²) in [5.41, 5.74) is -0.544. The molecule has 0 bridgehead atoms. The van der Waals surface area contributed by atoms with Crippen LogP contribution < -0.4 is 0 Å². The molecule has 1 aliphatic heterocycles. The molecule has 2 unspecified atom stereocenters. The van der Waals surface area contributed by atoms with Crippen LogP contribution in [-0.2, 0) is 19.0 Å². The second-order valence-electron chi connectivity index (χ2n) is 5.56. The van der Waals surface area contributed by atoms with Crippen LogP contribution in [0.15, 0.2) is 0 Å². The molecule has 0 aromatic carbocycles. The third-order valence-electron chi connectivity index (χ3n) is 2.76. The van der Waals surface area contributed by atoms with Crippen molar-refractivity contribution >= 4 is 12.1 Å². The van der Waals surface area contributed by atoms with E-state index in [0.717, 1.165) is 0 Å². The normalized spacial score (nSPS) is 21.6.